The van der Waals surface area contributed by atoms with Gasteiger partial charge in [-0.15, -0.1) is 0 Å². The second-order valence-electron chi connectivity index (χ2n) is 3.68. The summed E-state index contributed by atoms with van der Waals surface area (Å²) in [5.41, 5.74) is 2.72. The fourth-order valence-electron chi connectivity index (χ4n) is 1.55. The summed E-state index contributed by atoms with van der Waals surface area (Å²) in [6.07, 6.45) is 0.855. The molecule has 2 aromatic rings. The van der Waals surface area contributed by atoms with E-state index < -0.39 is 0 Å². The molecule has 16 heavy (non-hydrogen) atoms. The number of carbonyl (C=O) groups is 1. The van der Waals surface area contributed by atoms with Crippen LogP contribution in [-0.4, -0.2) is 11.3 Å². The van der Waals surface area contributed by atoms with Crippen LogP contribution in [-0.2, 0) is 0 Å². The molecule has 2 rings (SSSR count). The summed E-state index contributed by atoms with van der Waals surface area (Å²) < 4.78 is 0. The van der Waals surface area contributed by atoms with Crippen molar-refractivity contribution in [1.82, 2.24) is 4.98 Å². The SMILES string of the molecule is Cc1ccc(C=O)ccc2ccccc2[nH]1. The quantitative estimate of drug-likeness (QED) is 0.720. The Hall–Kier alpha value is -2.09. The number of aryl methyl sites for hydroxylation is 1. The average Bonchev–Trinajstić information content (AvgIpc) is 2.38. The third kappa shape index (κ3) is 2.28. The van der Waals surface area contributed by atoms with Gasteiger partial charge in [0.2, 0.25) is 0 Å². The summed E-state index contributed by atoms with van der Waals surface area (Å²) in [7, 11) is 0. The minimum absolute atomic E-state index is 0.665. The van der Waals surface area contributed by atoms with E-state index >= 15 is 0 Å². The molecule has 0 bridgehead atoms. The number of H-pyrrole nitrogens is 1. The van der Waals surface area contributed by atoms with E-state index in [1.807, 2.05) is 49.4 Å². The molecule has 0 fully saturated rings. The van der Waals surface area contributed by atoms with Gasteiger partial charge in [-0.3, -0.25) is 4.79 Å². The molecule has 0 spiro atoms. The minimum Gasteiger partial charge on any atom is -0.359 e. The van der Waals surface area contributed by atoms with Crippen LogP contribution in [0.5, 0.6) is 0 Å². The van der Waals surface area contributed by atoms with E-state index in [1.165, 1.54) is 0 Å². The van der Waals surface area contributed by atoms with Crippen molar-refractivity contribution in [2.45, 2.75) is 6.92 Å². The molecule has 0 amide bonds. The number of aromatic amines is 1. The topological polar surface area (TPSA) is 32.9 Å². The molecule has 0 aliphatic rings. The molecule has 0 saturated heterocycles. The lowest BCUT2D eigenvalue weighted by atomic mass is 10.2. The number of hydrogen-bond acceptors (Lipinski definition) is 1. The third-order valence-corrected chi connectivity index (χ3v) is 2.41. The van der Waals surface area contributed by atoms with Gasteiger partial charge in [0.25, 0.3) is 0 Å². The van der Waals surface area contributed by atoms with Gasteiger partial charge in [0.1, 0.15) is 6.29 Å². The van der Waals surface area contributed by atoms with Crippen LogP contribution >= 0.6 is 0 Å². The van der Waals surface area contributed by atoms with Gasteiger partial charge in [0, 0.05) is 16.8 Å². The number of hydrogen-bond donors (Lipinski definition) is 1. The molecular weight excluding hydrogens is 198 g/mol. The summed E-state index contributed by atoms with van der Waals surface area (Å²) in [4.78, 5) is 14.1. The summed E-state index contributed by atoms with van der Waals surface area (Å²) in [5.74, 6) is 0. The molecule has 80 valence electrons. The molecule has 0 aliphatic carbocycles. The summed E-state index contributed by atoms with van der Waals surface area (Å²) >= 11 is 0. The summed E-state index contributed by atoms with van der Waals surface area (Å²) in [5, 5.41) is 1.07. The normalized spacial score (nSPS) is 9.81. The average molecular weight is 211 g/mol. The lowest BCUT2D eigenvalue weighted by Crippen LogP contribution is -1.76. The Morgan fingerprint density at radius 2 is 1.75 bits per heavy atom. The van der Waals surface area contributed by atoms with Crippen LogP contribution < -0.4 is 0 Å². The highest BCUT2D eigenvalue weighted by Gasteiger charge is 1.89. The Kier molecular flexibility index (Phi) is 3.01. The van der Waals surface area contributed by atoms with Gasteiger partial charge in [-0.05, 0) is 30.5 Å². The molecule has 0 aliphatic heterocycles. The van der Waals surface area contributed by atoms with Gasteiger partial charge in [0.05, 0.1) is 0 Å². The Labute approximate surface area is 94.3 Å². The van der Waals surface area contributed by atoms with Crippen LogP contribution in [0.4, 0.5) is 0 Å². The van der Waals surface area contributed by atoms with Crippen molar-refractivity contribution in [2.75, 3.05) is 0 Å². The molecule has 1 N–H and O–H groups in total. The van der Waals surface area contributed by atoms with Crippen molar-refractivity contribution in [3.05, 3.63) is 59.8 Å². The second kappa shape index (κ2) is 4.62. The maximum Gasteiger partial charge on any atom is 0.150 e. The largest absolute Gasteiger partial charge is 0.359 e. The highest BCUT2D eigenvalue weighted by atomic mass is 16.1. The highest BCUT2D eigenvalue weighted by Crippen LogP contribution is 2.09. The first-order chi connectivity index (χ1) is 7.79. The Balaban J connectivity index is 2.85. The smallest absolute Gasteiger partial charge is 0.150 e. The van der Waals surface area contributed by atoms with Crippen molar-refractivity contribution in [1.29, 1.82) is 0 Å². The van der Waals surface area contributed by atoms with Gasteiger partial charge >= 0.3 is 0 Å². The van der Waals surface area contributed by atoms with Crippen LogP contribution in [0.15, 0.2) is 48.5 Å². The first kappa shape index (κ1) is 10.4. The van der Waals surface area contributed by atoms with Gasteiger partial charge < -0.3 is 4.98 Å². The Bertz CT molecular complexity index is 568. The van der Waals surface area contributed by atoms with E-state index in [-0.39, 0.29) is 0 Å². The molecule has 1 aromatic heterocycles. The second-order valence-corrected chi connectivity index (χ2v) is 3.68. The molecule has 2 nitrogen and oxygen atoms in total. The van der Waals surface area contributed by atoms with Crippen LogP contribution in [0.25, 0.3) is 10.9 Å². The molecule has 1 aromatic carbocycles. The van der Waals surface area contributed by atoms with Gasteiger partial charge in [0.15, 0.2) is 0 Å². The number of nitrogens with one attached hydrogen (secondary N) is 1. The van der Waals surface area contributed by atoms with Crippen LogP contribution in [0, 0.1) is 6.92 Å². The van der Waals surface area contributed by atoms with E-state index in [0.29, 0.717) is 5.56 Å². The van der Waals surface area contributed by atoms with Crippen LogP contribution in [0.1, 0.15) is 16.1 Å². The third-order valence-electron chi connectivity index (χ3n) is 2.41. The van der Waals surface area contributed by atoms with E-state index in [4.69, 9.17) is 0 Å². The lowest BCUT2D eigenvalue weighted by molar-refractivity contribution is 0.112. The standard InChI is InChI=1S/C14H13NO/c1-11-6-7-12(10-16)8-9-13-4-2-3-5-14(13)15-11/h2-10,15H,1H3. The van der Waals surface area contributed by atoms with Crippen molar-refractivity contribution < 1.29 is 4.79 Å². The van der Waals surface area contributed by atoms with E-state index in [2.05, 4.69) is 4.98 Å². The number of rotatable bonds is 1. The van der Waals surface area contributed by atoms with Crippen molar-refractivity contribution >= 4 is 17.2 Å². The molecule has 2 heteroatoms. The van der Waals surface area contributed by atoms with Crippen molar-refractivity contribution in [3.63, 3.8) is 0 Å². The van der Waals surface area contributed by atoms with E-state index in [9.17, 15) is 4.79 Å². The predicted octanol–water partition coefficient (Wildman–Crippen LogP) is 3.41. The van der Waals surface area contributed by atoms with Crippen molar-refractivity contribution in [3.8, 4) is 0 Å². The zero-order valence-corrected chi connectivity index (χ0v) is 9.10. The molecule has 1 heterocycles. The zero-order chi connectivity index (χ0) is 11.4. The fourth-order valence-corrected chi connectivity index (χ4v) is 1.55. The fraction of sp³-hybridized carbons (Fsp3) is 0.0714. The van der Waals surface area contributed by atoms with Crippen LogP contribution in [0.3, 0.4) is 0 Å². The lowest BCUT2D eigenvalue weighted by Gasteiger charge is -1.93. The van der Waals surface area contributed by atoms with Crippen LogP contribution in [0.2, 0.25) is 0 Å². The van der Waals surface area contributed by atoms with Gasteiger partial charge in [-0.1, -0.05) is 30.3 Å². The van der Waals surface area contributed by atoms with Gasteiger partial charge in [-0.25, -0.2) is 0 Å². The maximum absolute atomic E-state index is 10.8. The number of aromatic nitrogens is 1. The number of benzene rings is 1. The first-order valence-corrected chi connectivity index (χ1v) is 5.17. The Morgan fingerprint density at radius 3 is 2.56 bits per heavy atom. The predicted molar refractivity (Wildman–Crippen MR) is 66.1 cm³/mol. The van der Waals surface area contributed by atoms with Gasteiger partial charge in [-0.2, -0.15) is 0 Å². The zero-order valence-electron chi connectivity index (χ0n) is 9.10. The Morgan fingerprint density at radius 1 is 1.00 bits per heavy atom. The molecule has 0 unspecified atom stereocenters. The monoisotopic (exact) mass is 211 g/mol. The van der Waals surface area contributed by atoms with Crippen molar-refractivity contribution in [2.24, 2.45) is 0 Å². The highest BCUT2D eigenvalue weighted by molar-refractivity contribution is 5.79. The minimum atomic E-state index is 0.665. The summed E-state index contributed by atoms with van der Waals surface area (Å²) in [6, 6.07) is 15.5. The number of para-hydroxylation sites is 1. The maximum atomic E-state index is 10.8. The number of fused-ring (bicyclic) bond motifs is 1. The molecule has 0 atom stereocenters. The number of aldehydes is 1. The molecule has 0 radical (unpaired) electrons. The summed E-state index contributed by atoms with van der Waals surface area (Å²) in [6.45, 7) is 1.97. The first-order valence-electron chi connectivity index (χ1n) is 5.17. The van der Waals surface area contributed by atoms with E-state index in [0.717, 1.165) is 22.9 Å². The molecular formula is C14H13NO. The number of carbonyl (C=O) groups excluding carboxylic acids is 1. The van der Waals surface area contributed by atoms with E-state index in [1.54, 1.807) is 6.07 Å². The molecule has 0 saturated carbocycles.